The molecule has 0 saturated heterocycles. The van der Waals surface area contributed by atoms with Gasteiger partial charge >= 0.3 is 0 Å². The third-order valence-corrected chi connectivity index (χ3v) is 23.9. The normalized spacial score (nSPS) is 14.1. The van der Waals surface area contributed by atoms with E-state index >= 15 is 0 Å². The van der Waals surface area contributed by atoms with Gasteiger partial charge in [0.25, 0.3) is 40.5 Å². The fourth-order valence-corrected chi connectivity index (χ4v) is 16.1. The molecule has 0 heterocycles. The fourth-order valence-electron chi connectivity index (χ4n) is 10.2. The lowest BCUT2D eigenvalue weighted by molar-refractivity contribution is 0.00171. The molecule has 27 heteroatoms. The number of hydrogen-bond donors (Lipinski definition) is 4. The molecule has 2 atom stereocenters. The second-order valence-corrected chi connectivity index (χ2v) is 33.0. The average Bonchev–Trinajstić information content (AvgIpc) is 0.743. The third kappa shape index (κ3) is 15.6. The van der Waals surface area contributed by atoms with Crippen molar-refractivity contribution in [3.63, 3.8) is 0 Å². The van der Waals surface area contributed by atoms with Gasteiger partial charge in [0.15, 0.2) is 0 Å². The Bertz CT molecular complexity index is 4840. The quantitative estimate of drug-likeness (QED) is 0.0366. The smallest absolute Gasteiger partial charge is 0.298 e. The molecule has 8 aromatic carbocycles. The van der Waals surface area contributed by atoms with Gasteiger partial charge in [0.05, 0.1) is 29.4 Å². The second-order valence-electron chi connectivity index (χ2n) is 23.6. The number of hydrogen-bond acceptors (Lipinski definition) is 17. The molecule has 0 saturated carbocycles. The number of sulfone groups is 2. The zero-order chi connectivity index (χ0) is 68.7. The molecule has 0 spiro atoms. The van der Waals surface area contributed by atoms with Crippen LogP contribution in [0, 0.1) is 0 Å². The zero-order valence-electron chi connectivity index (χ0n) is 52.2. The Morgan fingerprint density at radius 2 is 0.634 bits per heavy atom. The highest BCUT2D eigenvalue weighted by molar-refractivity contribution is 7.92. The Balaban J connectivity index is 0.992. The van der Waals surface area contributed by atoms with Gasteiger partial charge in [-0.2, -0.15) is 33.7 Å². The summed E-state index contributed by atoms with van der Waals surface area (Å²) in [6.45, 7) is 18.1. The molecule has 0 amide bonds. The maximum absolute atomic E-state index is 14.4. The van der Waals surface area contributed by atoms with E-state index in [2.05, 4.69) is 0 Å². The number of rotatable bonds is 26. The van der Waals surface area contributed by atoms with Gasteiger partial charge in [-0.3, -0.25) is 18.2 Å². The maximum atomic E-state index is 14.4. The summed E-state index contributed by atoms with van der Waals surface area (Å²) in [5.74, 6) is 1.13. The summed E-state index contributed by atoms with van der Waals surface area (Å²) in [6.07, 6.45) is 1.64. The number of benzene rings is 8. The highest BCUT2D eigenvalue weighted by Crippen LogP contribution is 2.47. The van der Waals surface area contributed by atoms with Crippen LogP contribution in [0.2, 0.25) is 0 Å². The van der Waals surface area contributed by atoms with E-state index in [-0.39, 0.29) is 41.1 Å². The van der Waals surface area contributed by atoms with Gasteiger partial charge in [0.1, 0.15) is 67.0 Å². The summed E-state index contributed by atoms with van der Waals surface area (Å²) >= 11 is 0. The van der Waals surface area contributed by atoms with Crippen molar-refractivity contribution in [3.8, 4) is 57.1 Å². The van der Waals surface area contributed by atoms with E-state index in [1.54, 1.807) is 121 Å². The van der Waals surface area contributed by atoms with Gasteiger partial charge in [0, 0.05) is 5.41 Å². The molecular formula is C66H70O21S6. The largest absolute Gasteiger partial charge is 0.488 e. The van der Waals surface area contributed by atoms with E-state index in [9.17, 15) is 68.7 Å². The summed E-state index contributed by atoms with van der Waals surface area (Å²) in [6, 6.07) is 37.6. The lowest BCUT2D eigenvalue weighted by Gasteiger charge is -2.46. The zero-order valence-corrected chi connectivity index (χ0v) is 57.1. The molecule has 0 aliphatic carbocycles. The molecular weight excluding hydrogens is 1320 g/mol. The minimum Gasteiger partial charge on any atom is -0.488 e. The maximum Gasteiger partial charge on any atom is 0.298 e. The van der Waals surface area contributed by atoms with Crippen LogP contribution in [0.1, 0.15) is 106 Å². The number of ether oxygens (including phenoxy) is 5. The van der Waals surface area contributed by atoms with Gasteiger partial charge in [0.2, 0.25) is 19.7 Å². The molecule has 8 aromatic rings. The van der Waals surface area contributed by atoms with Crippen LogP contribution in [-0.4, -0.2) is 79.9 Å². The van der Waals surface area contributed by atoms with E-state index in [0.29, 0.717) is 52.7 Å². The molecule has 21 nitrogen and oxygen atoms in total. The van der Waals surface area contributed by atoms with Gasteiger partial charge < -0.3 is 23.7 Å². The van der Waals surface area contributed by atoms with Gasteiger partial charge in [-0.15, -0.1) is 0 Å². The lowest BCUT2D eigenvalue weighted by atomic mass is 9.66. The Morgan fingerprint density at radius 1 is 0.323 bits per heavy atom. The molecule has 8 rings (SSSR count). The standard InChI is InChI=1S/C66H70O21S6/c1-11-63(5,6)55-35-31-51(39-59(55)90(71,72)73)88(67,68)53-33-37-57(61(41-53)92(77,78)79)84-47-19-15-43(16-20-47)44-17-21-50(22-18-44)87-66(10,14-4)65(9,13-3)56-36-32-52(40-60(56)91(74,75)76)89(69,70)54-34-38-58(62(42-54)93(80,81)82)85-48-25-23-45(24-26-48)83-46-27-29-49(30-28-46)86-64(7,8)12-2/h15-42H,11-14H2,1-10H3,(H,71,72,73)(H,74,75,76)(H,77,78,79)(H,80,81,82). The average molecular weight is 1390 g/mol. The topological polar surface area (TPSA) is 332 Å². The Morgan fingerprint density at radius 3 is 0.989 bits per heavy atom. The van der Waals surface area contributed by atoms with Gasteiger partial charge in [-0.05, 0) is 208 Å². The van der Waals surface area contributed by atoms with Crippen LogP contribution in [0.15, 0.2) is 209 Å². The molecule has 2 unspecified atom stereocenters. The van der Waals surface area contributed by atoms with Crippen LogP contribution in [0.5, 0.6) is 46.0 Å². The summed E-state index contributed by atoms with van der Waals surface area (Å²) < 4.78 is 231. The molecule has 0 aliphatic heterocycles. The molecule has 0 aliphatic rings. The van der Waals surface area contributed by atoms with E-state index in [1.165, 1.54) is 36.4 Å². The molecule has 4 N–H and O–H groups in total. The molecule has 0 aromatic heterocycles. The van der Waals surface area contributed by atoms with E-state index in [1.807, 2.05) is 20.8 Å². The lowest BCUT2D eigenvalue weighted by Crippen LogP contribution is -2.51. The van der Waals surface area contributed by atoms with Crippen LogP contribution in [0.4, 0.5) is 0 Å². The molecule has 93 heavy (non-hydrogen) atoms. The first-order valence-electron chi connectivity index (χ1n) is 28.9. The van der Waals surface area contributed by atoms with E-state index < -0.39 is 127 Å². The van der Waals surface area contributed by atoms with Gasteiger partial charge in [-0.25, -0.2) is 16.8 Å². The van der Waals surface area contributed by atoms with Crippen molar-refractivity contribution in [1.82, 2.24) is 0 Å². The van der Waals surface area contributed by atoms with Crippen molar-refractivity contribution in [2.75, 3.05) is 0 Å². The van der Waals surface area contributed by atoms with Crippen molar-refractivity contribution >= 4 is 60.1 Å². The van der Waals surface area contributed by atoms with Crippen LogP contribution >= 0.6 is 0 Å². The highest BCUT2D eigenvalue weighted by Gasteiger charge is 2.48. The van der Waals surface area contributed by atoms with Crippen molar-refractivity contribution in [2.45, 2.75) is 156 Å². The Hall–Kier alpha value is -7.70. The molecule has 0 fully saturated rings. The highest BCUT2D eigenvalue weighted by atomic mass is 32.2. The third-order valence-electron chi connectivity index (χ3n) is 16.8. The van der Waals surface area contributed by atoms with Crippen molar-refractivity contribution in [2.24, 2.45) is 0 Å². The Kier molecular flexibility index (Phi) is 20.1. The van der Waals surface area contributed by atoms with E-state index in [4.69, 9.17) is 23.7 Å². The first-order valence-corrected chi connectivity index (χ1v) is 37.6. The first-order chi connectivity index (χ1) is 43.1. The minimum absolute atomic E-state index is 0.00798. The van der Waals surface area contributed by atoms with Crippen LogP contribution in [-0.2, 0) is 71.0 Å². The fraction of sp³-hybridized carbons (Fsp3) is 0.273. The van der Waals surface area contributed by atoms with Crippen LogP contribution < -0.4 is 23.7 Å². The second kappa shape index (κ2) is 26.2. The van der Waals surface area contributed by atoms with Gasteiger partial charge in [-0.1, -0.05) is 84.9 Å². The van der Waals surface area contributed by atoms with Crippen molar-refractivity contribution < 1.29 is 92.4 Å². The first kappa shape index (κ1) is 71.2. The summed E-state index contributed by atoms with van der Waals surface area (Å²) in [7, 11) is -29.9. The van der Waals surface area contributed by atoms with E-state index in [0.717, 1.165) is 55.0 Å². The summed E-state index contributed by atoms with van der Waals surface area (Å²) in [4.78, 5) is -5.79. The SMILES string of the molecule is CCC(C)(C)Oc1ccc(Oc2ccc(Oc3ccc(S(=O)(=O)c4ccc(C(C)(CC)C(C)(CC)Oc5ccc(-c6ccc(Oc7ccc(S(=O)(=O)c8ccc(C(C)(C)CC)c(S(=O)(=O)O)c8)cc7S(=O)(=O)O)cc6)cc5)c(S(=O)(=O)O)c4)cc3S(=O)(=O)O)cc2)cc1. The summed E-state index contributed by atoms with van der Waals surface area (Å²) in [5, 5.41) is 0. The minimum atomic E-state index is -5.21. The summed E-state index contributed by atoms with van der Waals surface area (Å²) in [5.41, 5.74) is -2.30. The van der Waals surface area contributed by atoms with Crippen LogP contribution in [0.3, 0.4) is 0 Å². The Labute approximate surface area is 543 Å². The molecule has 496 valence electrons. The molecule has 0 radical (unpaired) electrons. The van der Waals surface area contributed by atoms with Crippen LogP contribution in [0.25, 0.3) is 11.1 Å². The predicted molar refractivity (Wildman–Crippen MR) is 346 cm³/mol. The molecule has 0 bridgehead atoms. The predicted octanol–water partition coefficient (Wildman–Crippen LogP) is 14.6. The van der Waals surface area contributed by atoms with Crippen molar-refractivity contribution in [1.29, 1.82) is 0 Å². The van der Waals surface area contributed by atoms with Crippen molar-refractivity contribution in [3.05, 3.63) is 181 Å². The monoisotopic (exact) mass is 1390 g/mol.